The van der Waals surface area contributed by atoms with Crippen LogP contribution in [0, 0.1) is 13.8 Å². The Bertz CT molecular complexity index is 818. The molecule has 2 aromatic rings. The molecule has 144 valence electrons. The lowest BCUT2D eigenvalue weighted by atomic mass is 9.93. The molecule has 1 atom stereocenters. The summed E-state index contributed by atoms with van der Waals surface area (Å²) in [7, 11) is 0. The van der Waals surface area contributed by atoms with Gasteiger partial charge in [0.15, 0.2) is 0 Å². The molecule has 0 radical (unpaired) electrons. The van der Waals surface area contributed by atoms with Gasteiger partial charge in [-0.1, -0.05) is 36.4 Å². The van der Waals surface area contributed by atoms with Crippen molar-refractivity contribution in [2.75, 3.05) is 11.9 Å². The fourth-order valence-electron chi connectivity index (χ4n) is 2.60. The summed E-state index contributed by atoms with van der Waals surface area (Å²) in [5, 5.41) is 14.3. The Morgan fingerprint density at radius 1 is 0.963 bits per heavy atom. The highest BCUT2D eigenvalue weighted by Crippen LogP contribution is 2.38. The first-order valence-corrected chi connectivity index (χ1v) is 8.05. The average Bonchev–Trinajstić information content (AvgIpc) is 2.58. The standard InChI is InChI=1S/C19H19F3N2O3/c1-12-8-13(2)10-15(9-12)24-17(26)16(25)23-11-18(27,19(20,21)22)14-6-4-3-5-7-14/h3-10,27H,11H2,1-2H3,(H,23,25)(H,24,26). The van der Waals surface area contributed by atoms with E-state index in [0.717, 1.165) is 23.3 Å². The van der Waals surface area contributed by atoms with Crippen LogP contribution in [0.4, 0.5) is 18.9 Å². The molecule has 0 bridgehead atoms. The third-order valence-electron chi connectivity index (χ3n) is 3.91. The Morgan fingerprint density at radius 3 is 2.04 bits per heavy atom. The van der Waals surface area contributed by atoms with E-state index in [0.29, 0.717) is 5.69 Å². The van der Waals surface area contributed by atoms with E-state index in [1.54, 1.807) is 26.0 Å². The Morgan fingerprint density at radius 2 is 1.52 bits per heavy atom. The topological polar surface area (TPSA) is 78.4 Å². The third-order valence-corrected chi connectivity index (χ3v) is 3.91. The second-order valence-corrected chi connectivity index (χ2v) is 6.24. The van der Waals surface area contributed by atoms with Crippen LogP contribution in [0.5, 0.6) is 0 Å². The Balaban J connectivity index is 2.10. The molecule has 3 N–H and O–H groups in total. The van der Waals surface area contributed by atoms with Crippen molar-refractivity contribution in [2.45, 2.75) is 25.6 Å². The number of carbonyl (C=O) groups is 2. The normalized spacial score (nSPS) is 13.6. The molecule has 0 heterocycles. The van der Waals surface area contributed by atoms with Gasteiger partial charge in [-0.3, -0.25) is 9.59 Å². The minimum absolute atomic E-state index is 0.349. The minimum atomic E-state index is -5.05. The number of rotatable bonds is 4. The van der Waals surface area contributed by atoms with Crippen molar-refractivity contribution in [3.05, 3.63) is 65.2 Å². The Kier molecular flexibility index (Phi) is 5.90. The first-order valence-electron chi connectivity index (χ1n) is 8.05. The highest BCUT2D eigenvalue weighted by atomic mass is 19.4. The maximum absolute atomic E-state index is 13.4. The predicted molar refractivity (Wildman–Crippen MR) is 93.9 cm³/mol. The fourth-order valence-corrected chi connectivity index (χ4v) is 2.60. The molecule has 0 saturated carbocycles. The maximum Gasteiger partial charge on any atom is 0.423 e. The highest BCUT2D eigenvalue weighted by molar-refractivity contribution is 6.39. The van der Waals surface area contributed by atoms with E-state index in [1.165, 1.54) is 18.2 Å². The van der Waals surface area contributed by atoms with Gasteiger partial charge in [0.2, 0.25) is 5.60 Å². The zero-order valence-electron chi connectivity index (χ0n) is 14.7. The summed E-state index contributed by atoms with van der Waals surface area (Å²) >= 11 is 0. The van der Waals surface area contributed by atoms with Crippen molar-refractivity contribution in [1.82, 2.24) is 5.32 Å². The Hall–Kier alpha value is -2.87. The number of benzene rings is 2. The quantitative estimate of drug-likeness (QED) is 0.714. The molecule has 8 heteroatoms. The monoisotopic (exact) mass is 380 g/mol. The van der Waals surface area contributed by atoms with Gasteiger partial charge < -0.3 is 15.7 Å². The number of nitrogens with one attached hydrogen (secondary N) is 2. The molecule has 2 aromatic carbocycles. The molecule has 0 aliphatic carbocycles. The predicted octanol–water partition coefficient (Wildman–Crippen LogP) is 2.81. The molecule has 0 spiro atoms. The maximum atomic E-state index is 13.4. The van der Waals surface area contributed by atoms with E-state index in [4.69, 9.17) is 0 Å². The number of anilines is 1. The van der Waals surface area contributed by atoms with Gasteiger partial charge >= 0.3 is 18.0 Å². The van der Waals surface area contributed by atoms with Crippen LogP contribution in [0.1, 0.15) is 16.7 Å². The number of alkyl halides is 3. The van der Waals surface area contributed by atoms with Gasteiger partial charge in [-0.15, -0.1) is 0 Å². The Labute approximate surface area is 154 Å². The van der Waals surface area contributed by atoms with Gasteiger partial charge in [-0.2, -0.15) is 13.2 Å². The van der Waals surface area contributed by atoms with Crippen LogP contribution < -0.4 is 10.6 Å². The van der Waals surface area contributed by atoms with Crippen molar-refractivity contribution >= 4 is 17.5 Å². The lowest BCUT2D eigenvalue weighted by Crippen LogP contribution is -2.52. The van der Waals surface area contributed by atoms with Gasteiger partial charge in [0.1, 0.15) is 0 Å². The van der Waals surface area contributed by atoms with E-state index in [-0.39, 0.29) is 0 Å². The second kappa shape index (κ2) is 7.79. The van der Waals surface area contributed by atoms with Crippen molar-refractivity contribution in [3.63, 3.8) is 0 Å². The van der Waals surface area contributed by atoms with E-state index in [2.05, 4.69) is 5.32 Å². The van der Waals surface area contributed by atoms with Gasteiger partial charge in [-0.25, -0.2) is 0 Å². The summed E-state index contributed by atoms with van der Waals surface area (Å²) < 4.78 is 40.1. The molecule has 5 nitrogen and oxygen atoms in total. The molecule has 2 amide bonds. The summed E-state index contributed by atoms with van der Waals surface area (Å²) in [6, 6.07) is 11.4. The summed E-state index contributed by atoms with van der Waals surface area (Å²) in [5.41, 5.74) is -1.71. The van der Waals surface area contributed by atoms with E-state index >= 15 is 0 Å². The molecule has 0 fully saturated rings. The molecule has 1 unspecified atom stereocenters. The first-order chi connectivity index (χ1) is 12.5. The van der Waals surface area contributed by atoms with Crippen LogP contribution in [0.2, 0.25) is 0 Å². The molecule has 0 aromatic heterocycles. The van der Waals surface area contributed by atoms with Crippen LogP contribution in [0.25, 0.3) is 0 Å². The largest absolute Gasteiger partial charge is 0.423 e. The fraction of sp³-hybridized carbons (Fsp3) is 0.263. The molecular formula is C19H19F3N2O3. The van der Waals surface area contributed by atoms with Crippen LogP contribution in [-0.4, -0.2) is 29.6 Å². The average molecular weight is 380 g/mol. The number of hydrogen-bond acceptors (Lipinski definition) is 3. The van der Waals surface area contributed by atoms with Crippen molar-refractivity contribution < 1.29 is 27.9 Å². The summed E-state index contributed by atoms with van der Waals surface area (Å²) in [6.07, 6.45) is -5.05. The van der Waals surface area contributed by atoms with Gasteiger partial charge in [-0.05, 0) is 42.7 Å². The minimum Gasteiger partial charge on any atom is -0.375 e. The van der Waals surface area contributed by atoms with Crippen LogP contribution in [0.15, 0.2) is 48.5 Å². The third kappa shape index (κ3) is 4.85. The second-order valence-electron chi connectivity index (χ2n) is 6.24. The smallest absolute Gasteiger partial charge is 0.375 e. The molecule has 0 aliphatic rings. The van der Waals surface area contributed by atoms with Crippen molar-refractivity contribution in [3.8, 4) is 0 Å². The zero-order chi connectivity index (χ0) is 20.2. The molecule has 0 saturated heterocycles. The number of halogens is 3. The summed E-state index contributed by atoms with van der Waals surface area (Å²) in [5.74, 6) is -2.41. The number of amides is 2. The number of aryl methyl sites for hydroxylation is 2. The van der Waals surface area contributed by atoms with Gasteiger partial charge in [0.05, 0.1) is 6.54 Å². The SMILES string of the molecule is Cc1cc(C)cc(NC(=O)C(=O)NCC(O)(c2ccccc2)C(F)(F)F)c1. The molecule has 2 rings (SSSR count). The van der Waals surface area contributed by atoms with Crippen LogP contribution in [-0.2, 0) is 15.2 Å². The lowest BCUT2D eigenvalue weighted by Gasteiger charge is -2.31. The number of carbonyl (C=O) groups excluding carboxylic acids is 2. The van der Waals surface area contributed by atoms with E-state index in [9.17, 15) is 27.9 Å². The highest BCUT2D eigenvalue weighted by Gasteiger charge is 2.55. The summed E-state index contributed by atoms with van der Waals surface area (Å²) in [4.78, 5) is 23.9. The van der Waals surface area contributed by atoms with Crippen molar-refractivity contribution in [2.24, 2.45) is 0 Å². The molecule has 27 heavy (non-hydrogen) atoms. The molecular weight excluding hydrogens is 361 g/mol. The zero-order valence-corrected chi connectivity index (χ0v) is 14.7. The number of hydrogen-bond donors (Lipinski definition) is 3. The van der Waals surface area contributed by atoms with Crippen molar-refractivity contribution in [1.29, 1.82) is 0 Å². The van der Waals surface area contributed by atoms with Gasteiger partial charge in [0.25, 0.3) is 0 Å². The number of aliphatic hydroxyl groups is 1. The van der Waals surface area contributed by atoms with Crippen LogP contribution in [0.3, 0.4) is 0 Å². The summed E-state index contributed by atoms with van der Waals surface area (Å²) in [6.45, 7) is 2.40. The first kappa shape index (κ1) is 20.4. The van der Waals surface area contributed by atoms with Gasteiger partial charge in [0, 0.05) is 5.69 Å². The lowest BCUT2D eigenvalue weighted by molar-refractivity contribution is -0.264. The van der Waals surface area contributed by atoms with E-state index in [1.807, 2.05) is 11.4 Å². The van der Waals surface area contributed by atoms with E-state index < -0.39 is 35.7 Å². The van der Waals surface area contributed by atoms with Crippen LogP contribution >= 0.6 is 0 Å². The molecule has 0 aliphatic heterocycles.